The van der Waals surface area contributed by atoms with Gasteiger partial charge in [-0.25, -0.2) is 0 Å². The number of piperidine rings is 1. The molecule has 90 valence electrons. The number of carbonyl (C=O) groups excluding carboxylic acids is 1. The number of carbonyl (C=O) groups is 2. The Labute approximate surface area is 94.8 Å². The molecule has 2 N–H and O–H groups in total. The molecule has 2 rings (SSSR count). The number of aliphatic carboxylic acids is 1. The zero-order chi connectivity index (χ0) is 11.5. The first-order valence-corrected chi connectivity index (χ1v) is 5.88. The van der Waals surface area contributed by atoms with E-state index < -0.39 is 5.97 Å². The van der Waals surface area contributed by atoms with Gasteiger partial charge >= 0.3 is 5.97 Å². The lowest BCUT2D eigenvalue weighted by Crippen LogP contribution is -2.47. The first kappa shape index (κ1) is 11.4. The fourth-order valence-electron chi connectivity index (χ4n) is 2.27. The summed E-state index contributed by atoms with van der Waals surface area (Å²) in [5.41, 5.74) is 0. The maximum absolute atomic E-state index is 11.9. The van der Waals surface area contributed by atoms with Crippen LogP contribution in [0.1, 0.15) is 19.3 Å². The Bertz CT molecular complexity index is 289. The minimum Gasteiger partial charge on any atom is -0.481 e. The maximum atomic E-state index is 11.9. The van der Waals surface area contributed by atoms with E-state index in [0.29, 0.717) is 25.3 Å². The molecule has 0 unspecified atom stereocenters. The van der Waals surface area contributed by atoms with E-state index in [1.807, 2.05) is 0 Å². The molecular formula is C11H18N2O3. The van der Waals surface area contributed by atoms with Crippen LogP contribution >= 0.6 is 0 Å². The van der Waals surface area contributed by atoms with Crippen molar-refractivity contribution in [2.45, 2.75) is 19.3 Å². The molecular weight excluding hydrogens is 208 g/mol. The van der Waals surface area contributed by atoms with Gasteiger partial charge in [0.05, 0.1) is 5.92 Å². The molecule has 5 heteroatoms. The summed E-state index contributed by atoms with van der Waals surface area (Å²) in [5, 5.41) is 12.1. The highest BCUT2D eigenvalue weighted by Gasteiger charge is 2.30. The molecule has 0 aliphatic carbocycles. The predicted octanol–water partition coefficient (Wildman–Crippen LogP) is -0.0809. The summed E-state index contributed by atoms with van der Waals surface area (Å²) in [6.45, 7) is 2.96. The van der Waals surface area contributed by atoms with Gasteiger partial charge in [-0.1, -0.05) is 0 Å². The standard InChI is InChI=1S/C11H18N2O3/c14-10(4-8-5-12-6-8)13-3-1-2-9(7-13)11(15)16/h8-9,12H,1-7H2,(H,15,16)/t9-/m0/s1. The zero-order valence-corrected chi connectivity index (χ0v) is 9.32. The van der Waals surface area contributed by atoms with Crippen LogP contribution < -0.4 is 5.32 Å². The number of hydrogen-bond donors (Lipinski definition) is 2. The summed E-state index contributed by atoms with van der Waals surface area (Å²) >= 11 is 0. The molecule has 0 aromatic rings. The molecule has 0 bridgehead atoms. The molecule has 2 fully saturated rings. The number of likely N-dealkylation sites (tertiary alicyclic amines) is 1. The van der Waals surface area contributed by atoms with Crippen LogP contribution in [-0.4, -0.2) is 48.1 Å². The van der Waals surface area contributed by atoms with E-state index in [4.69, 9.17) is 5.11 Å². The van der Waals surface area contributed by atoms with E-state index in [2.05, 4.69) is 5.32 Å². The fourth-order valence-corrected chi connectivity index (χ4v) is 2.27. The average molecular weight is 226 g/mol. The van der Waals surface area contributed by atoms with Gasteiger partial charge in [0, 0.05) is 19.5 Å². The average Bonchev–Trinajstić information content (AvgIpc) is 2.23. The minimum atomic E-state index is -0.775. The Hall–Kier alpha value is -1.10. The number of carboxylic acids is 1. The molecule has 1 atom stereocenters. The summed E-state index contributed by atoms with van der Waals surface area (Å²) in [4.78, 5) is 24.5. The van der Waals surface area contributed by atoms with Crippen LogP contribution in [0.3, 0.4) is 0 Å². The largest absolute Gasteiger partial charge is 0.481 e. The van der Waals surface area contributed by atoms with Crippen LogP contribution in [-0.2, 0) is 9.59 Å². The third-order valence-electron chi connectivity index (χ3n) is 3.45. The molecule has 0 spiro atoms. The van der Waals surface area contributed by atoms with Crippen LogP contribution in [0.25, 0.3) is 0 Å². The molecule has 0 radical (unpaired) electrons. The number of rotatable bonds is 3. The Balaban J connectivity index is 1.83. The van der Waals surface area contributed by atoms with Crippen LogP contribution in [0.5, 0.6) is 0 Å². The van der Waals surface area contributed by atoms with Crippen molar-refractivity contribution in [1.29, 1.82) is 0 Å². The van der Waals surface area contributed by atoms with Crippen LogP contribution in [0.2, 0.25) is 0 Å². The van der Waals surface area contributed by atoms with Gasteiger partial charge in [0.1, 0.15) is 0 Å². The van der Waals surface area contributed by atoms with Gasteiger partial charge in [-0.15, -0.1) is 0 Å². The van der Waals surface area contributed by atoms with E-state index >= 15 is 0 Å². The Kier molecular flexibility index (Phi) is 3.43. The highest BCUT2D eigenvalue weighted by atomic mass is 16.4. The molecule has 5 nitrogen and oxygen atoms in total. The second kappa shape index (κ2) is 4.82. The van der Waals surface area contributed by atoms with Crippen molar-refractivity contribution in [2.24, 2.45) is 11.8 Å². The smallest absolute Gasteiger partial charge is 0.308 e. The number of nitrogens with one attached hydrogen (secondary N) is 1. The number of nitrogens with zero attached hydrogens (tertiary/aromatic N) is 1. The highest BCUT2D eigenvalue weighted by Crippen LogP contribution is 2.19. The zero-order valence-electron chi connectivity index (χ0n) is 9.32. The Morgan fingerprint density at radius 1 is 1.38 bits per heavy atom. The topological polar surface area (TPSA) is 69.6 Å². The van der Waals surface area contributed by atoms with Gasteiger partial charge in [0.15, 0.2) is 0 Å². The SMILES string of the molecule is O=C(O)[C@H]1CCCN(C(=O)CC2CNC2)C1. The highest BCUT2D eigenvalue weighted by molar-refractivity contribution is 5.78. The molecule has 0 aromatic carbocycles. The van der Waals surface area contributed by atoms with E-state index in [1.165, 1.54) is 0 Å². The second-order valence-electron chi connectivity index (χ2n) is 4.75. The first-order valence-electron chi connectivity index (χ1n) is 5.88. The normalized spacial score (nSPS) is 26.2. The lowest BCUT2D eigenvalue weighted by atomic mass is 9.95. The van der Waals surface area contributed by atoms with Gasteiger partial charge in [-0.2, -0.15) is 0 Å². The number of hydrogen-bond acceptors (Lipinski definition) is 3. The Morgan fingerprint density at radius 3 is 2.69 bits per heavy atom. The van der Waals surface area contributed by atoms with Crippen LogP contribution in [0, 0.1) is 11.8 Å². The third kappa shape index (κ3) is 2.52. The van der Waals surface area contributed by atoms with Crippen LogP contribution in [0.4, 0.5) is 0 Å². The second-order valence-corrected chi connectivity index (χ2v) is 4.75. The van der Waals surface area contributed by atoms with Crippen molar-refractivity contribution in [3.05, 3.63) is 0 Å². The minimum absolute atomic E-state index is 0.123. The summed E-state index contributed by atoms with van der Waals surface area (Å²) in [7, 11) is 0. The van der Waals surface area contributed by atoms with Crippen molar-refractivity contribution >= 4 is 11.9 Å². The van der Waals surface area contributed by atoms with E-state index in [9.17, 15) is 9.59 Å². The van der Waals surface area contributed by atoms with Crippen molar-refractivity contribution in [1.82, 2.24) is 10.2 Å². The van der Waals surface area contributed by atoms with Gasteiger partial charge in [0.25, 0.3) is 0 Å². The number of carboxylic acid groups (broad SMARTS) is 1. The molecule has 1 amide bonds. The molecule has 0 aromatic heterocycles. The predicted molar refractivity (Wildman–Crippen MR) is 57.9 cm³/mol. The molecule has 2 aliphatic heterocycles. The maximum Gasteiger partial charge on any atom is 0.308 e. The summed E-state index contributed by atoms with van der Waals surface area (Å²) < 4.78 is 0. The van der Waals surface area contributed by atoms with Crippen molar-refractivity contribution in [3.8, 4) is 0 Å². The summed E-state index contributed by atoms with van der Waals surface area (Å²) in [5.74, 6) is -0.560. The molecule has 2 heterocycles. The van der Waals surface area contributed by atoms with Gasteiger partial charge in [-0.05, 0) is 31.8 Å². The molecule has 16 heavy (non-hydrogen) atoms. The quantitative estimate of drug-likeness (QED) is 0.706. The first-order chi connectivity index (χ1) is 7.66. The van der Waals surface area contributed by atoms with Crippen molar-refractivity contribution in [3.63, 3.8) is 0 Å². The molecule has 2 saturated heterocycles. The molecule has 2 aliphatic rings. The molecule has 0 saturated carbocycles. The summed E-state index contributed by atoms with van der Waals surface area (Å²) in [6, 6.07) is 0. The lowest BCUT2D eigenvalue weighted by molar-refractivity contribution is -0.146. The summed E-state index contributed by atoms with van der Waals surface area (Å²) in [6.07, 6.45) is 2.08. The lowest BCUT2D eigenvalue weighted by Gasteiger charge is -2.33. The van der Waals surface area contributed by atoms with Crippen LogP contribution in [0.15, 0.2) is 0 Å². The number of amides is 1. The van der Waals surface area contributed by atoms with Gasteiger partial charge < -0.3 is 15.3 Å². The van der Waals surface area contributed by atoms with Gasteiger partial charge in [-0.3, -0.25) is 9.59 Å². The third-order valence-corrected chi connectivity index (χ3v) is 3.45. The van der Waals surface area contributed by atoms with E-state index in [1.54, 1.807) is 4.90 Å². The van der Waals surface area contributed by atoms with Crippen molar-refractivity contribution < 1.29 is 14.7 Å². The van der Waals surface area contributed by atoms with E-state index in [-0.39, 0.29) is 11.8 Å². The van der Waals surface area contributed by atoms with E-state index in [0.717, 1.165) is 26.1 Å². The fraction of sp³-hybridized carbons (Fsp3) is 0.818. The van der Waals surface area contributed by atoms with Gasteiger partial charge in [0.2, 0.25) is 5.91 Å². The monoisotopic (exact) mass is 226 g/mol. The Morgan fingerprint density at radius 2 is 2.12 bits per heavy atom. The van der Waals surface area contributed by atoms with Crippen molar-refractivity contribution in [2.75, 3.05) is 26.2 Å².